The summed E-state index contributed by atoms with van der Waals surface area (Å²) in [5, 5.41) is 8.54. The Morgan fingerprint density at radius 2 is 2.17 bits per heavy atom. The minimum absolute atomic E-state index is 0.292. The molecule has 1 N–H and O–H groups in total. The third-order valence-corrected chi connectivity index (χ3v) is 1.73. The van der Waals surface area contributed by atoms with E-state index in [0.29, 0.717) is 10.5 Å². The Balaban J connectivity index is 3.37. The highest BCUT2D eigenvalue weighted by atomic mass is 32.1. The molecule has 0 radical (unpaired) electrons. The number of rotatable bonds is 1. The van der Waals surface area contributed by atoms with Crippen LogP contribution in [0, 0.1) is 12.7 Å². The zero-order chi connectivity index (χ0) is 9.30. The third-order valence-electron chi connectivity index (χ3n) is 1.47. The van der Waals surface area contributed by atoms with Crippen molar-refractivity contribution in [3.8, 4) is 0 Å². The van der Waals surface area contributed by atoms with Crippen molar-refractivity contribution in [2.75, 3.05) is 0 Å². The molecule has 0 aromatic heterocycles. The van der Waals surface area contributed by atoms with Gasteiger partial charge in [-0.1, -0.05) is 0 Å². The summed E-state index contributed by atoms with van der Waals surface area (Å²) in [6, 6.07) is 2.67. The Kier molecular flexibility index (Phi) is 2.38. The number of thiol groups is 1. The van der Waals surface area contributed by atoms with Crippen LogP contribution in [0.4, 0.5) is 4.39 Å². The van der Waals surface area contributed by atoms with Gasteiger partial charge in [-0.3, -0.25) is 0 Å². The van der Waals surface area contributed by atoms with Crippen molar-refractivity contribution in [2.45, 2.75) is 11.8 Å². The van der Waals surface area contributed by atoms with E-state index in [4.69, 9.17) is 5.11 Å². The van der Waals surface area contributed by atoms with Crippen molar-refractivity contribution in [3.05, 3.63) is 29.1 Å². The van der Waals surface area contributed by atoms with Crippen LogP contribution >= 0.6 is 12.6 Å². The number of aromatic carboxylic acids is 1. The first-order valence-corrected chi connectivity index (χ1v) is 3.69. The first-order valence-electron chi connectivity index (χ1n) is 3.25. The summed E-state index contributed by atoms with van der Waals surface area (Å²) in [4.78, 5) is 10.9. The lowest BCUT2D eigenvalue weighted by Crippen LogP contribution is -2.02. The lowest BCUT2D eigenvalue weighted by atomic mass is 10.1. The molecule has 64 valence electrons. The third kappa shape index (κ3) is 1.58. The van der Waals surface area contributed by atoms with Gasteiger partial charge in [-0.15, -0.1) is 12.6 Å². The van der Waals surface area contributed by atoms with Crippen LogP contribution in [0.2, 0.25) is 0 Å². The molecule has 0 saturated carbocycles. The van der Waals surface area contributed by atoms with Crippen molar-refractivity contribution >= 4 is 18.6 Å². The highest BCUT2D eigenvalue weighted by Gasteiger charge is 2.12. The van der Waals surface area contributed by atoms with Crippen LogP contribution in [0.3, 0.4) is 0 Å². The number of benzene rings is 1. The highest BCUT2D eigenvalue weighted by Crippen LogP contribution is 2.17. The van der Waals surface area contributed by atoms with Crippen molar-refractivity contribution in [1.82, 2.24) is 0 Å². The molecule has 4 heteroatoms. The summed E-state index contributed by atoms with van der Waals surface area (Å²) in [6.45, 7) is 1.50. The van der Waals surface area contributed by atoms with Gasteiger partial charge in [0.05, 0.1) is 5.56 Å². The Hall–Kier alpha value is -1.03. The van der Waals surface area contributed by atoms with Crippen LogP contribution in [0.25, 0.3) is 0 Å². The maximum atomic E-state index is 13.0. The highest BCUT2D eigenvalue weighted by molar-refractivity contribution is 7.80. The van der Waals surface area contributed by atoms with Crippen LogP contribution < -0.4 is 0 Å². The summed E-state index contributed by atoms with van der Waals surface area (Å²) in [5.41, 5.74) is -0.0418. The minimum atomic E-state index is -1.27. The van der Waals surface area contributed by atoms with E-state index < -0.39 is 11.8 Å². The molecular weight excluding hydrogens is 179 g/mol. The van der Waals surface area contributed by atoms with Gasteiger partial charge in [-0.2, -0.15) is 0 Å². The van der Waals surface area contributed by atoms with Gasteiger partial charge in [-0.25, -0.2) is 9.18 Å². The van der Waals surface area contributed by atoms with E-state index >= 15 is 0 Å². The summed E-state index contributed by atoms with van der Waals surface area (Å²) in [6.07, 6.45) is 0. The molecule has 0 fully saturated rings. The van der Waals surface area contributed by atoms with E-state index in [1.165, 1.54) is 19.1 Å². The summed E-state index contributed by atoms with van der Waals surface area (Å²) >= 11 is 3.94. The van der Waals surface area contributed by atoms with Crippen LogP contribution in [-0.4, -0.2) is 11.1 Å². The fourth-order valence-electron chi connectivity index (χ4n) is 0.906. The molecule has 0 aliphatic carbocycles. The molecule has 0 aliphatic heterocycles. The van der Waals surface area contributed by atoms with E-state index in [1.807, 2.05) is 0 Å². The lowest BCUT2D eigenvalue weighted by molar-refractivity contribution is 0.0691. The minimum Gasteiger partial charge on any atom is -0.478 e. The number of halogens is 1. The Bertz CT molecular complexity index is 336. The average molecular weight is 186 g/mol. The van der Waals surface area contributed by atoms with Gasteiger partial charge in [0.25, 0.3) is 0 Å². The number of carbonyl (C=O) groups is 1. The van der Waals surface area contributed by atoms with Crippen LogP contribution in [0.1, 0.15) is 15.9 Å². The molecule has 1 rings (SSSR count). The van der Waals surface area contributed by atoms with E-state index in [-0.39, 0.29) is 5.56 Å². The van der Waals surface area contributed by atoms with Crippen molar-refractivity contribution in [1.29, 1.82) is 0 Å². The molecule has 2 nitrogen and oxygen atoms in total. The summed E-state index contributed by atoms with van der Waals surface area (Å²) < 4.78 is 13.0. The quantitative estimate of drug-likeness (QED) is 0.659. The SMILES string of the molecule is Cc1cc(S)cc(C(=O)O)c1F. The van der Waals surface area contributed by atoms with Crippen molar-refractivity contribution in [3.63, 3.8) is 0 Å². The molecule has 0 amide bonds. The molecule has 0 saturated heterocycles. The van der Waals surface area contributed by atoms with E-state index in [2.05, 4.69) is 12.6 Å². The van der Waals surface area contributed by atoms with Gasteiger partial charge in [-0.05, 0) is 24.6 Å². The first-order chi connectivity index (χ1) is 5.52. The lowest BCUT2D eigenvalue weighted by Gasteiger charge is -2.01. The van der Waals surface area contributed by atoms with Crippen LogP contribution in [0.15, 0.2) is 17.0 Å². The average Bonchev–Trinajstić information content (AvgIpc) is 1.96. The molecular formula is C8H7FO2S. The molecule has 0 heterocycles. The molecule has 0 spiro atoms. The molecule has 0 bridgehead atoms. The molecule has 12 heavy (non-hydrogen) atoms. The maximum absolute atomic E-state index is 13.0. The topological polar surface area (TPSA) is 37.3 Å². The molecule has 1 aromatic rings. The fraction of sp³-hybridized carbons (Fsp3) is 0.125. The van der Waals surface area contributed by atoms with Crippen LogP contribution in [-0.2, 0) is 0 Å². The van der Waals surface area contributed by atoms with Gasteiger partial charge in [0.1, 0.15) is 5.82 Å². The largest absolute Gasteiger partial charge is 0.478 e. The smallest absolute Gasteiger partial charge is 0.338 e. The Morgan fingerprint density at radius 3 is 2.67 bits per heavy atom. The molecule has 1 aromatic carbocycles. The van der Waals surface area contributed by atoms with Gasteiger partial charge in [0, 0.05) is 4.90 Å². The zero-order valence-electron chi connectivity index (χ0n) is 6.34. The van der Waals surface area contributed by atoms with E-state index in [1.54, 1.807) is 0 Å². The van der Waals surface area contributed by atoms with E-state index in [9.17, 15) is 9.18 Å². The van der Waals surface area contributed by atoms with Gasteiger partial charge >= 0.3 is 5.97 Å². The van der Waals surface area contributed by atoms with Crippen molar-refractivity contribution < 1.29 is 14.3 Å². The predicted octanol–water partition coefficient (Wildman–Crippen LogP) is 2.12. The van der Waals surface area contributed by atoms with Gasteiger partial charge in [0.15, 0.2) is 0 Å². The number of aryl methyl sites for hydroxylation is 1. The number of carboxylic acid groups (broad SMARTS) is 1. The standard InChI is InChI=1S/C8H7FO2S/c1-4-2-5(12)3-6(7(4)9)8(10)11/h2-3,12H,1H3,(H,10,11). The van der Waals surface area contributed by atoms with Gasteiger partial charge in [0.2, 0.25) is 0 Å². The van der Waals surface area contributed by atoms with E-state index in [0.717, 1.165) is 0 Å². The summed E-state index contributed by atoms with van der Waals surface area (Å²) in [5.74, 6) is -1.97. The predicted molar refractivity (Wildman–Crippen MR) is 45.3 cm³/mol. The fourth-order valence-corrected chi connectivity index (χ4v) is 1.23. The normalized spacial score (nSPS) is 9.92. The molecule has 0 aliphatic rings. The number of hydrogen-bond donors (Lipinski definition) is 2. The number of hydrogen-bond acceptors (Lipinski definition) is 2. The molecule has 0 atom stereocenters. The van der Waals surface area contributed by atoms with Crippen LogP contribution in [0.5, 0.6) is 0 Å². The summed E-state index contributed by atoms with van der Waals surface area (Å²) in [7, 11) is 0. The maximum Gasteiger partial charge on any atom is 0.338 e. The monoisotopic (exact) mass is 186 g/mol. The Morgan fingerprint density at radius 1 is 1.58 bits per heavy atom. The zero-order valence-corrected chi connectivity index (χ0v) is 7.23. The second-order valence-corrected chi connectivity index (χ2v) is 2.95. The second-order valence-electron chi connectivity index (χ2n) is 2.43. The molecule has 0 unspecified atom stereocenters. The number of carboxylic acids is 1. The Labute approximate surface area is 74.4 Å². The van der Waals surface area contributed by atoms with Gasteiger partial charge < -0.3 is 5.11 Å². The second kappa shape index (κ2) is 3.15. The van der Waals surface area contributed by atoms with Crippen molar-refractivity contribution in [2.24, 2.45) is 0 Å². The first kappa shape index (κ1) is 9.06.